The molecule has 4 N–H and O–H groups in total. The van der Waals surface area contributed by atoms with Crippen molar-refractivity contribution in [2.75, 3.05) is 19.8 Å². The van der Waals surface area contributed by atoms with Gasteiger partial charge in [0.1, 0.15) is 5.54 Å². The van der Waals surface area contributed by atoms with Crippen LogP contribution in [0.25, 0.3) is 0 Å². The van der Waals surface area contributed by atoms with E-state index in [-0.39, 0.29) is 6.42 Å². The van der Waals surface area contributed by atoms with E-state index < -0.39 is 31.3 Å². The number of hydrogen-bond donors (Lipinski definition) is 4. The van der Waals surface area contributed by atoms with Crippen LogP contribution in [0.15, 0.2) is 24.3 Å². The lowest BCUT2D eigenvalue weighted by molar-refractivity contribution is -0.124. The quantitative estimate of drug-likeness (QED) is 0.574. The molecule has 0 aliphatic heterocycles. The number of rotatable bonds is 6. The van der Waals surface area contributed by atoms with Crippen molar-refractivity contribution in [1.29, 1.82) is 0 Å². The maximum absolute atomic E-state index is 11.8. The molecular weight excluding hydrogens is 258 g/mol. The average Bonchev–Trinajstić information content (AvgIpc) is 2.39. The lowest BCUT2D eigenvalue weighted by Gasteiger charge is -2.28. The Morgan fingerprint density at radius 1 is 1.17 bits per heavy atom. The Balaban J connectivity index is 2.70. The van der Waals surface area contributed by atoms with Gasteiger partial charge in [-0.1, -0.05) is 29.8 Å². The maximum Gasteiger partial charge on any atom is 0.225 e. The second-order valence-corrected chi connectivity index (χ2v) is 4.48. The molecule has 0 spiro atoms. The molecule has 0 aliphatic rings. The summed E-state index contributed by atoms with van der Waals surface area (Å²) < 4.78 is 0. The molecule has 0 bridgehead atoms. The van der Waals surface area contributed by atoms with E-state index in [1.807, 2.05) is 0 Å². The Labute approximate surface area is 110 Å². The van der Waals surface area contributed by atoms with E-state index in [9.17, 15) is 4.79 Å². The lowest BCUT2D eigenvalue weighted by Crippen LogP contribution is -2.57. The van der Waals surface area contributed by atoms with Gasteiger partial charge in [-0.2, -0.15) is 0 Å². The minimum absolute atomic E-state index is 0.0153. The molecule has 0 fully saturated rings. The highest BCUT2D eigenvalue weighted by Gasteiger charge is 2.29. The summed E-state index contributed by atoms with van der Waals surface area (Å²) in [6.45, 7) is -1.64. The minimum Gasteiger partial charge on any atom is -0.394 e. The topological polar surface area (TPSA) is 89.8 Å². The Kier molecular flexibility index (Phi) is 5.55. The number of hydrogen-bond acceptors (Lipinski definition) is 4. The van der Waals surface area contributed by atoms with Gasteiger partial charge in [0.05, 0.1) is 26.2 Å². The van der Waals surface area contributed by atoms with Crippen molar-refractivity contribution >= 4 is 17.5 Å². The molecule has 0 unspecified atom stereocenters. The van der Waals surface area contributed by atoms with E-state index in [0.29, 0.717) is 10.6 Å². The van der Waals surface area contributed by atoms with E-state index in [0.717, 1.165) is 0 Å². The van der Waals surface area contributed by atoms with E-state index in [1.165, 1.54) is 0 Å². The van der Waals surface area contributed by atoms with Crippen LogP contribution in [-0.2, 0) is 11.2 Å². The number of nitrogens with one attached hydrogen (secondary N) is 1. The number of halogens is 1. The van der Waals surface area contributed by atoms with Gasteiger partial charge in [0.15, 0.2) is 0 Å². The van der Waals surface area contributed by atoms with Crippen LogP contribution < -0.4 is 5.32 Å². The molecule has 0 radical (unpaired) electrons. The molecule has 0 aromatic heterocycles. The number of carbonyl (C=O) groups excluding carboxylic acids is 1. The second-order valence-electron chi connectivity index (χ2n) is 4.07. The zero-order valence-corrected chi connectivity index (χ0v) is 10.5. The van der Waals surface area contributed by atoms with Gasteiger partial charge in [-0.25, -0.2) is 0 Å². The average molecular weight is 274 g/mol. The number of carbonyl (C=O) groups is 1. The zero-order valence-electron chi connectivity index (χ0n) is 9.77. The molecule has 0 saturated heterocycles. The monoisotopic (exact) mass is 273 g/mol. The summed E-state index contributed by atoms with van der Waals surface area (Å²) in [4.78, 5) is 11.8. The molecule has 6 heteroatoms. The predicted octanol–water partition coefficient (Wildman–Crippen LogP) is -0.286. The van der Waals surface area contributed by atoms with Crippen molar-refractivity contribution in [3.05, 3.63) is 34.9 Å². The van der Waals surface area contributed by atoms with Crippen molar-refractivity contribution in [3.63, 3.8) is 0 Å². The zero-order chi connectivity index (χ0) is 13.6. The van der Waals surface area contributed by atoms with Crippen LogP contribution in [0.2, 0.25) is 5.02 Å². The first-order chi connectivity index (χ1) is 8.56. The number of amides is 1. The van der Waals surface area contributed by atoms with E-state index in [4.69, 9.17) is 26.9 Å². The van der Waals surface area contributed by atoms with Crippen LogP contribution in [0.1, 0.15) is 5.56 Å². The van der Waals surface area contributed by atoms with Crippen LogP contribution in [0.4, 0.5) is 0 Å². The molecule has 0 heterocycles. The molecule has 1 amide bonds. The summed E-state index contributed by atoms with van der Waals surface area (Å²) in [7, 11) is 0. The van der Waals surface area contributed by atoms with Crippen molar-refractivity contribution in [1.82, 2.24) is 5.32 Å². The second kappa shape index (κ2) is 6.70. The Morgan fingerprint density at radius 2 is 1.72 bits per heavy atom. The van der Waals surface area contributed by atoms with Crippen LogP contribution in [0, 0.1) is 0 Å². The van der Waals surface area contributed by atoms with Crippen molar-refractivity contribution in [2.24, 2.45) is 0 Å². The van der Waals surface area contributed by atoms with Gasteiger partial charge in [0.2, 0.25) is 5.91 Å². The summed E-state index contributed by atoms with van der Waals surface area (Å²) >= 11 is 5.91. The SMILES string of the molecule is O=C(Cc1ccccc1Cl)NC(CO)(CO)CO. The fraction of sp³-hybridized carbons (Fsp3) is 0.417. The van der Waals surface area contributed by atoms with Gasteiger partial charge >= 0.3 is 0 Å². The molecule has 0 atom stereocenters. The van der Waals surface area contributed by atoms with Crippen LogP contribution in [0.5, 0.6) is 0 Å². The van der Waals surface area contributed by atoms with Gasteiger partial charge < -0.3 is 20.6 Å². The highest BCUT2D eigenvalue weighted by Crippen LogP contribution is 2.15. The molecule has 1 aromatic rings. The first kappa shape index (κ1) is 14.9. The Morgan fingerprint density at radius 3 is 2.22 bits per heavy atom. The third kappa shape index (κ3) is 3.68. The van der Waals surface area contributed by atoms with Crippen LogP contribution >= 0.6 is 11.6 Å². The standard InChI is InChI=1S/C12H16ClNO4/c13-10-4-2-1-3-9(10)5-11(18)14-12(6-15,7-16)8-17/h1-4,15-17H,5-8H2,(H,14,18). The smallest absolute Gasteiger partial charge is 0.225 e. The van der Waals surface area contributed by atoms with Gasteiger partial charge in [0, 0.05) is 5.02 Å². The van der Waals surface area contributed by atoms with Crippen molar-refractivity contribution in [3.8, 4) is 0 Å². The summed E-state index contributed by atoms with van der Waals surface area (Å²) in [5, 5.41) is 30.1. The molecule has 1 aromatic carbocycles. The maximum atomic E-state index is 11.8. The summed E-state index contributed by atoms with van der Waals surface area (Å²) in [6.07, 6.45) is 0.0153. The highest BCUT2D eigenvalue weighted by molar-refractivity contribution is 6.31. The largest absolute Gasteiger partial charge is 0.394 e. The third-order valence-electron chi connectivity index (χ3n) is 2.62. The molecule has 0 aliphatic carbocycles. The molecule has 100 valence electrons. The van der Waals surface area contributed by atoms with Crippen LogP contribution in [0.3, 0.4) is 0 Å². The molecule has 5 nitrogen and oxygen atoms in total. The molecule has 18 heavy (non-hydrogen) atoms. The fourth-order valence-electron chi connectivity index (χ4n) is 1.42. The number of aliphatic hydroxyl groups excluding tert-OH is 3. The van der Waals surface area contributed by atoms with Crippen molar-refractivity contribution < 1.29 is 20.1 Å². The normalized spacial score (nSPS) is 11.3. The summed E-state index contributed by atoms with van der Waals surface area (Å²) in [6, 6.07) is 6.89. The van der Waals surface area contributed by atoms with Gasteiger partial charge in [-0.05, 0) is 11.6 Å². The summed E-state index contributed by atoms with van der Waals surface area (Å²) in [5.74, 6) is -0.430. The van der Waals surface area contributed by atoms with Crippen molar-refractivity contribution in [2.45, 2.75) is 12.0 Å². The van der Waals surface area contributed by atoms with Gasteiger partial charge in [-0.3, -0.25) is 4.79 Å². The predicted molar refractivity (Wildman–Crippen MR) is 67.3 cm³/mol. The summed E-state index contributed by atoms with van der Waals surface area (Å²) in [5.41, 5.74) is -0.766. The molecular formula is C12H16ClNO4. The van der Waals surface area contributed by atoms with Gasteiger partial charge in [0.25, 0.3) is 0 Å². The first-order valence-corrected chi connectivity index (χ1v) is 5.81. The van der Waals surface area contributed by atoms with Crippen LogP contribution in [-0.4, -0.2) is 46.6 Å². The minimum atomic E-state index is -1.40. The van der Waals surface area contributed by atoms with E-state index in [2.05, 4.69) is 5.32 Å². The molecule has 1 rings (SSSR count). The highest BCUT2D eigenvalue weighted by atomic mass is 35.5. The number of aliphatic hydroxyl groups is 3. The Hall–Kier alpha value is -1.14. The Bertz CT molecular complexity index is 399. The van der Waals surface area contributed by atoms with Gasteiger partial charge in [-0.15, -0.1) is 0 Å². The lowest BCUT2D eigenvalue weighted by atomic mass is 10.0. The van der Waals surface area contributed by atoms with E-state index in [1.54, 1.807) is 24.3 Å². The fourth-order valence-corrected chi connectivity index (χ4v) is 1.63. The molecule has 0 saturated carbocycles. The third-order valence-corrected chi connectivity index (χ3v) is 2.99. The number of benzene rings is 1. The van der Waals surface area contributed by atoms with E-state index >= 15 is 0 Å². The first-order valence-electron chi connectivity index (χ1n) is 5.44.